The van der Waals surface area contributed by atoms with Gasteiger partial charge >= 0.3 is 0 Å². The van der Waals surface area contributed by atoms with Crippen molar-refractivity contribution in [2.45, 2.75) is 18.9 Å². The summed E-state index contributed by atoms with van der Waals surface area (Å²) < 4.78 is 0. The molecular weight excluding hydrogens is 202 g/mol. The standard InChI is InChI=1S/C11H19N5/c1-16-7-3-4-9(16)8-13-10-5-2-6-11(14-10)15-12/h2,5-6,9H,3-4,7-8,12H2,1H3,(H2,13,14,15). The van der Waals surface area contributed by atoms with Crippen molar-refractivity contribution in [3.05, 3.63) is 18.2 Å². The second-order valence-corrected chi connectivity index (χ2v) is 4.21. The Labute approximate surface area is 96.0 Å². The quantitative estimate of drug-likeness (QED) is 0.520. The van der Waals surface area contributed by atoms with E-state index in [2.05, 4.69) is 27.7 Å². The molecule has 0 spiro atoms. The first-order chi connectivity index (χ1) is 7.79. The zero-order valence-corrected chi connectivity index (χ0v) is 9.61. The van der Waals surface area contributed by atoms with Crippen molar-refractivity contribution < 1.29 is 0 Å². The molecule has 4 N–H and O–H groups in total. The lowest BCUT2D eigenvalue weighted by molar-refractivity contribution is 0.322. The highest BCUT2D eigenvalue weighted by Gasteiger charge is 2.20. The molecule has 1 aromatic rings. The van der Waals surface area contributed by atoms with Gasteiger partial charge in [0.1, 0.15) is 11.6 Å². The van der Waals surface area contributed by atoms with Gasteiger partial charge in [-0.05, 0) is 38.6 Å². The summed E-state index contributed by atoms with van der Waals surface area (Å²) in [5.41, 5.74) is 2.54. The number of likely N-dealkylation sites (N-methyl/N-ethyl adjacent to an activating group) is 1. The van der Waals surface area contributed by atoms with Crippen LogP contribution < -0.4 is 16.6 Å². The first kappa shape index (κ1) is 11.2. The number of likely N-dealkylation sites (tertiary alicyclic amines) is 1. The van der Waals surface area contributed by atoms with Gasteiger partial charge < -0.3 is 15.6 Å². The molecule has 1 atom stereocenters. The third kappa shape index (κ3) is 2.62. The number of hydrogen-bond acceptors (Lipinski definition) is 5. The van der Waals surface area contributed by atoms with Crippen molar-refractivity contribution in [2.24, 2.45) is 5.84 Å². The number of hydrogen-bond donors (Lipinski definition) is 3. The van der Waals surface area contributed by atoms with E-state index >= 15 is 0 Å². The molecule has 5 heteroatoms. The van der Waals surface area contributed by atoms with Gasteiger partial charge in [-0.1, -0.05) is 6.07 Å². The molecule has 1 aliphatic heterocycles. The van der Waals surface area contributed by atoms with E-state index in [1.807, 2.05) is 18.2 Å². The van der Waals surface area contributed by atoms with Gasteiger partial charge in [-0.15, -0.1) is 0 Å². The van der Waals surface area contributed by atoms with Crippen LogP contribution in [0.5, 0.6) is 0 Å². The highest BCUT2D eigenvalue weighted by atomic mass is 15.3. The molecule has 0 aliphatic carbocycles. The SMILES string of the molecule is CN1CCCC1CNc1cccc(NN)n1. The van der Waals surface area contributed by atoms with E-state index in [-0.39, 0.29) is 0 Å². The topological polar surface area (TPSA) is 66.2 Å². The highest BCUT2D eigenvalue weighted by Crippen LogP contribution is 2.15. The van der Waals surface area contributed by atoms with Crippen molar-refractivity contribution in [3.8, 4) is 0 Å². The minimum atomic E-state index is 0.622. The number of nitrogen functional groups attached to an aromatic ring is 1. The summed E-state index contributed by atoms with van der Waals surface area (Å²) in [6.07, 6.45) is 2.55. The molecule has 1 aromatic heterocycles. The third-order valence-electron chi connectivity index (χ3n) is 3.09. The number of pyridine rings is 1. The van der Waals surface area contributed by atoms with Crippen LogP contribution in [-0.2, 0) is 0 Å². The van der Waals surface area contributed by atoms with Gasteiger partial charge in [0.05, 0.1) is 0 Å². The first-order valence-electron chi connectivity index (χ1n) is 5.67. The third-order valence-corrected chi connectivity index (χ3v) is 3.09. The number of anilines is 2. The number of nitrogens with one attached hydrogen (secondary N) is 2. The minimum Gasteiger partial charge on any atom is -0.368 e. The molecule has 0 radical (unpaired) electrons. The monoisotopic (exact) mass is 221 g/mol. The van der Waals surface area contributed by atoms with Crippen LogP contribution in [0.25, 0.3) is 0 Å². The lowest BCUT2D eigenvalue weighted by Gasteiger charge is -2.20. The van der Waals surface area contributed by atoms with Crippen molar-refractivity contribution >= 4 is 11.6 Å². The van der Waals surface area contributed by atoms with Gasteiger partial charge in [-0.2, -0.15) is 0 Å². The number of aromatic nitrogens is 1. The summed E-state index contributed by atoms with van der Waals surface area (Å²) in [5, 5.41) is 3.34. The fraction of sp³-hybridized carbons (Fsp3) is 0.545. The Kier molecular flexibility index (Phi) is 3.58. The maximum atomic E-state index is 5.31. The maximum absolute atomic E-state index is 5.31. The molecule has 1 unspecified atom stereocenters. The van der Waals surface area contributed by atoms with E-state index in [1.54, 1.807) is 0 Å². The number of hydrazine groups is 1. The zero-order chi connectivity index (χ0) is 11.4. The molecule has 1 aliphatic rings. The zero-order valence-electron chi connectivity index (χ0n) is 9.61. The Morgan fingerprint density at radius 2 is 2.31 bits per heavy atom. The van der Waals surface area contributed by atoms with Crippen molar-refractivity contribution in [3.63, 3.8) is 0 Å². The molecule has 0 aromatic carbocycles. The second kappa shape index (κ2) is 5.14. The number of nitrogens with two attached hydrogens (primary N) is 1. The van der Waals surface area contributed by atoms with Crippen LogP contribution in [0.3, 0.4) is 0 Å². The molecule has 0 saturated carbocycles. The Morgan fingerprint density at radius 1 is 1.50 bits per heavy atom. The van der Waals surface area contributed by atoms with E-state index in [1.165, 1.54) is 19.4 Å². The van der Waals surface area contributed by atoms with E-state index < -0.39 is 0 Å². The summed E-state index contributed by atoms with van der Waals surface area (Å²) in [6.45, 7) is 2.14. The summed E-state index contributed by atoms with van der Waals surface area (Å²) in [4.78, 5) is 6.70. The molecule has 88 valence electrons. The average molecular weight is 221 g/mol. The van der Waals surface area contributed by atoms with Crippen LogP contribution >= 0.6 is 0 Å². The van der Waals surface area contributed by atoms with Gasteiger partial charge in [0.15, 0.2) is 0 Å². The molecule has 2 heterocycles. The average Bonchev–Trinajstić information content (AvgIpc) is 2.72. The van der Waals surface area contributed by atoms with Gasteiger partial charge in [-0.3, -0.25) is 0 Å². The highest BCUT2D eigenvalue weighted by molar-refractivity contribution is 5.44. The first-order valence-corrected chi connectivity index (χ1v) is 5.67. The van der Waals surface area contributed by atoms with E-state index in [4.69, 9.17) is 5.84 Å². The van der Waals surface area contributed by atoms with Crippen LogP contribution in [0.1, 0.15) is 12.8 Å². The fourth-order valence-electron chi connectivity index (χ4n) is 2.07. The van der Waals surface area contributed by atoms with Crippen LogP contribution in [0.15, 0.2) is 18.2 Å². The Balaban J connectivity index is 1.88. The van der Waals surface area contributed by atoms with Crippen molar-refractivity contribution in [1.82, 2.24) is 9.88 Å². The molecule has 1 saturated heterocycles. The Hall–Kier alpha value is -1.33. The van der Waals surface area contributed by atoms with Crippen molar-refractivity contribution in [2.75, 3.05) is 30.9 Å². The number of rotatable bonds is 4. The number of nitrogens with zero attached hydrogens (tertiary/aromatic N) is 2. The summed E-state index contributed by atoms with van der Waals surface area (Å²) in [5.74, 6) is 6.87. The predicted molar refractivity (Wildman–Crippen MR) is 66.2 cm³/mol. The lowest BCUT2D eigenvalue weighted by Crippen LogP contribution is -2.31. The largest absolute Gasteiger partial charge is 0.368 e. The van der Waals surface area contributed by atoms with E-state index in [0.29, 0.717) is 11.9 Å². The van der Waals surface area contributed by atoms with Crippen molar-refractivity contribution in [1.29, 1.82) is 0 Å². The minimum absolute atomic E-state index is 0.622. The molecule has 5 nitrogen and oxygen atoms in total. The summed E-state index contributed by atoms with van der Waals surface area (Å²) >= 11 is 0. The van der Waals surface area contributed by atoms with Gasteiger partial charge in [-0.25, -0.2) is 10.8 Å². The van der Waals surface area contributed by atoms with E-state index in [0.717, 1.165) is 12.4 Å². The normalized spacial score (nSPS) is 21.0. The van der Waals surface area contributed by atoms with Gasteiger partial charge in [0, 0.05) is 12.6 Å². The van der Waals surface area contributed by atoms with Gasteiger partial charge in [0.2, 0.25) is 0 Å². The fourth-order valence-corrected chi connectivity index (χ4v) is 2.07. The van der Waals surface area contributed by atoms with Gasteiger partial charge in [0.25, 0.3) is 0 Å². The van der Waals surface area contributed by atoms with Crippen LogP contribution in [0, 0.1) is 0 Å². The van der Waals surface area contributed by atoms with Crippen LogP contribution in [0.2, 0.25) is 0 Å². The van der Waals surface area contributed by atoms with Crippen LogP contribution in [0.4, 0.5) is 11.6 Å². The molecule has 1 fully saturated rings. The molecule has 0 bridgehead atoms. The molecule has 0 amide bonds. The van der Waals surface area contributed by atoms with Crippen LogP contribution in [-0.4, -0.2) is 36.1 Å². The predicted octanol–water partition coefficient (Wildman–Crippen LogP) is 0.873. The Morgan fingerprint density at radius 3 is 3.00 bits per heavy atom. The Bertz CT molecular complexity index is 341. The van der Waals surface area contributed by atoms with E-state index in [9.17, 15) is 0 Å². The molecule has 16 heavy (non-hydrogen) atoms. The molecule has 2 rings (SSSR count). The second-order valence-electron chi connectivity index (χ2n) is 4.21. The maximum Gasteiger partial charge on any atom is 0.142 e. The lowest BCUT2D eigenvalue weighted by atomic mass is 10.2. The molecular formula is C11H19N5. The summed E-state index contributed by atoms with van der Waals surface area (Å²) in [7, 11) is 2.17. The summed E-state index contributed by atoms with van der Waals surface area (Å²) in [6, 6.07) is 6.35. The smallest absolute Gasteiger partial charge is 0.142 e.